The van der Waals surface area contributed by atoms with Gasteiger partial charge in [-0.15, -0.1) is 0 Å². The van der Waals surface area contributed by atoms with Crippen LogP contribution >= 0.6 is 0 Å². The van der Waals surface area contributed by atoms with E-state index in [-0.39, 0.29) is 6.61 Å². The molecular formula is C11H15NO2. The van der Waals surface area contributed by atoms with Gasteiger partial charge in [0.1, 0.15) is 0 Å². The van der Waals surface area contributed by atoms with Gasteiger partial charge in [-0.05, 0) is 5.56 Å². The van der Waals surface area contributed by atoms with Crippen molar-refractivity contribution >= 4 is 6.08 Å². The lowest BCUT2D eigenvalue weighted by Crippen LogP contribution is -2.35. The largest absolute Gasteiger partial charge is 0.394 e. The molecule has 0 spiro atoms. The predicted octanol–water partition coefficient (Wildman–Crippen LogP) is 0.380. The van der Waals surface area contributed by atoms with Gasteiger partial charge in [0.15, 0.2) is 0 Å². The van der Waals surface area contributed by atoms with E-state index in [0.29, 0.717) is 0 Å². The van der Waals surface area contributed by atoms with Gasteiger partial charge in [0.25, 0.3) is 0 Å². The molecule has 3 nitrogen and oxygen atoms in total. The van der Waals surface area contributed by atoms with E-state index in [1.807, 2.05) is 36.4 Å². The molecule has 0 heterocycles. The average molecular weight is 193 g/mol. The second kappa shape index (κ2) is 5.54. The maximum Gasteiger partial charge on any atom is 0.0957 e. The fourth-order valence-electron chi connectivity index (χ4n) is 1.04. The molecule has 0 aromatic heterocycles. The molecule has 0 saturated carbocycles. The first kappa shape index (κ1) is 10.9. The second-order valence-corrected chi connectivity index (χ2v) is 3.10. The van der Waals surface area contributed by atoms with Crippen LogP contribution in [0.3, 0.4) is 0 Å². The highest BCUT2D eigenvalue weighted by molar-refractivity contribution is 5.49. The lowest BCUT2D eigenvalue weighted by Gasteiger charge is -2.11. The van der Waals surface area contributed by atoms with Crippen LogP contribution < -0.4 is 5.73 Å². The summed E-state index contributed by atoms with van der Waals surface area (Å²) in [7, 11) is 0. The maximum absolute atomic E-state index is 9.18. The molecule has 1 aromatic carbocycles. The Morgan fingerprint density at radius 2 is 1.93 bits per heavy atom. The van der Waals surface area contributed by atoms with Crippen molar-refractivity contribution < 1.29 is 10.2 Å². The SMILES string of the molecule is N[C@@H](C=Cc1ccccc1)[C@H](O)CO. The summed E-state index contributed by atoms with van der Waals surface area (Å²) >= 11 is 0. The molecule has 0 fully saturated rings. The molecule has 0 aliphatic rings. The van der Waals surface area contributed by atoms with E-state index in [0.717, 1.165) is 5.56 Å². The molecule has 0 unspecified atom stereocenters. The lowest BCUT2D eigenvalue weighted by molar-refractivity contribution is 0.0857. The zero-order chi connectivity index (χ0) is 10.4. The summed E-state index contributed by atoms with van der Waals surface area (Å²) in [5.74, 6) is 0. The molecule has 0 aliphatic carbocycles. The van der Waals surface area contributed by atoms with Crippen LogP contribution in [0.5, 0.6) is 0 Å². The van der Waals surface area contributed by atoms with Crippen LogP contribution in [0.1, 0.15) is 5.56 Å². The summed E-state index contributed by atoms with van der Waals surface area (Å²) in [5, 5.41) is 17.8. The third-order valence-electron chi connectivity index (χ3n) is 1.94. The lowest BCUT2D eigenvalue weighted by atomic mass is 10.1. The maximum atomic E-state index is 9.18. The fourth-order valence-corrected chi connectivity index (χ4v) is 1.04. The van der Waals surface area contributed by atoms with E-state index in [1.165, 1.54) is 0 Å². The zero-order valence-electron chi connectivity index (χ0n) is 7.88. The third kappa shape index (κ3) is 3.30. The monoisotopic (exact) mass is 193 g/mol. The topological polar surface area (TPSA) is 66.5 Å². The van der Waals surface area contributed by atoms with E-state index in [4.69, 9.17) is 10.8 Å². The van der Waals surface area contributed by atoms with Gasteiger partial charge < -0.3 is 15.9 Å². The number of hydrogen-bond donors (Lipinski definition) is 3. The Bertz CT molecular complexity index is 285. The van der Waals surface area contributed by atoms with E-state index >= 15 is 0 Å². The minimum absolute atomic E-state index is 0.319. The first-order chi connectivity index (χ1) is 6.74. The number of aliphatic hydroxyl groups excluding tert-OH is 2. The highest BCUT2D eigenvalue weighted by atomic mass is 16.3. The first-order valence-corrected chi connectivity index (χ1v) is 4.52. The van der Waals surface area contributed by atoms with Gasteiger partial charge in [0.2, 0.25) is 0 Å². The van der Waals surface area contributed by atoms with Crippen molar-refractivity contribution in [3.05, 3.63) is 42.0 Å². The third-order valence-corrected chi connectivity index (χ3v) is 1.94. The Kier molecular flexibility index (Phi) is 4.32. The smallest absolute Gasteiger partial charge is 0.0957 e. The molecule has 0 saturated heterocycles. The normalized spacial score (nSPS) is 15.6. The molecular weight excluding hydrogens is 178 g/mol. The van der Waals surface area contributed by atoms with Crippen LogP contribution in [0.25, 0.3) is 6.08 Å². The van der Waals surface area contributed by atoms with Crippen LogP contribution in [-0.2, 0) is 0 Å². The van der Waals surface area contributed by atoms with Gasteiger partial charge in [-0.25, -0.2) is 0 Å². The van der Waals surface area contributed by atoms with Gasteiger partial charge >= 0.3 is 0 Å². The minimum atomic E-state index is -0.894. The van der Waals surface area contributed by atoms with Crippen LogP contribution in [0.4, 0.5) is 0 Å². The van der Waals surface area contributed by atoms with Crippen molar-refractivity contribution in [1.82, 2.24) is 0 Å². The number of nitrogens with two attached hydrogens (primary N) is 1. The van der Waals surface area contributed by atoms with Gasteiger partial charge in [-0.1, -0.05) is 42.5 Å². The summed E-state index contributed by atoms with van der Waals surface area (Å²) in [6.07, 6.45) is 2.61. The molecule has 1 rings (SSSR count). The van der Waals surface area contributed by atoms with E-state index in [2.05, 4.69) is 0 Å². The summed E-state index contributed by atoms with van der Waals surface area (Å²) in [6, 6.07) is 9.13. The number of rotatable bonds is 4. The minimum Gasteiger partial charge on any atom is -0.394 e. The van der Waals surface area contributed by atoms with E-state index < -0.39 is 12.1 Å². The Hall–Kier alpha value is -1.16. The van der Waals surface area contributed by atoms with Crippen molar-refractivity contribution in [3.8, 4) is 0 Å². The second-order valence-electron chi connectivity index (χ2n) is 3.10. The van der Waals surface area contributed by atoms with E-state index in [9.17, 15) is 5.11 Å². The van der Waals surface area contributed by atoms with Crippen molar-refractivity contribution in [3.63, 3.8) is 0 Å². The van der Waals surface area contributed by atoms with Gasteiger partial charge in [-0.3, -0.25) is 0 Å². The molecule has 2 atom stereocenters. The molecule has 0 bridgehead atoms. The van der Waals surface area contributed by atoms with Gasteiger partial charge in [0.05, 0.1) is 18.8 Å². The molecule has 4 N–H and O–H groups in total. The average Bonchev–Trinajstić information content (AvgIpc) is 2.26. The highest BCUT2D eigenvalue weighted by Crippen LogP contribution is 2.02. The first-order valence-electron chi connectivity index (χ1n) is 4.52. The zero-order valence-corrected chi connectivity index (χ0v) is 7.88. The standard InChI is InChI=1S/C11H15NO2/c12-10(11(14)8-13)7-6-9-4-2-1-3-5-9/h1-7,10-11,13-14H,8,12H2/t10-,11+/m0/s1. The van der Waals surface area contributed by atoms with Crippen molar-refractivity contribution in [2.45, 2.75) is 12.1 Å². The van der Waals surface area contributed by atoms with Crippen molar-refractivity contribution in [1.29, 1.82) is 0 Å². The van der Waals surface area contributed by atoms with Crippen molar-refractivity contribution in [2.24, 2.45) is 5.73 Å². The highest BCUT2D eigenvalue weighted by Gasteiger charge is 2.08. The Labute approximate surface area is 83.5 Å². The molecule has 1 aromatic rings. The van der Waals surface area contributed by atoms with Crippen molar-refractivity contribution in [2.75, 3.05) is 6.61 Å². The quantitative estimate of drug-likeness (QED) is 0.647. The summed E-state index contributed by atoms with van der Waals surface area (Å²) < 4.78 is 0. The predicted molar refractivity (Wildman–Crippen MR) is 56.5 cm³/mol. The fraction of sp³-hybridized carbons (Fsp3) is 0.273. The summed E-state index contributed by atoms with van der Waals surface area (Å²) in [4.78, 5) is 0. The van der Waals surface area contributed by atoms with Crippen LogP contribution in [-0.4, -0.2) is 29.0 Å². The van der Waals surface area contributed by atoms with Crippen LogP contribution in [0, 0.1) is 0 Å². The summed E-state index contributed by atoms with van der Waals surface area (Å²) in [6.45, 7) is -0.319. The summed E-state index contributed by atoms with van der Waals surface area (Å²) in [5.41, 5.74) is 6.60. The molecule has 0 radical (unpaired) electrons. The molecule has 14 heavy (non-hydrogen) atoms. The molecule has 76 valence electrons. The number of hydrogen-bond acceptors (Lipinski definition) is 3. The Balaban J connectivity index is 2.56. The van der Waals surface area contributed by atoms with Crippen LogP contribution in [0.15, 0.2) is 36.4 Å². The Morgan fingerprint density at radius 3 is 2.50 bits per heavy atom. The number of benzene rings is 1. The molecule has 3 heteroatoms. The number of aliphatic hydroxyl groups is 2. The van der Waals surface area contributed by atoms with Gasteiger partial charge in [-0.2, -0.15) is 0 Å². The molecule has 0 amide bonds. The van der Waals surface area contributed by atoms with Crippen LogP contribution in [0.2, 0.25) is 0 Å². The van der Waals surface area contributed by atoms with Gasteiger partial charge in [0, 0.05) is 0 Å². The Morgan fingerprint density at radius 1 is 1.29 bits per heavy atom. The van der Waals surface area contributed by atoms with E-state index in [1.54, 1.807) is 6.08 Å². The molecule has 0 aliphatic heterocycles.